The maximum absolute atomic E-state index is 9.62. The van der Waals surface area contributed by atoms with Crippen LogP contribution in [0.25, 0.3) is 0 Å². The minimum absolute atomic E-state index is 0.0481. The molecule has 0 spiro atoms. The van der Waals surface area contributed by atoms with E-state index in [1.165, 1.54) is 11.3 Å². The van der Waals surface area contributed by atoms with Crippen molar-refractivity contribution in [3.05, 3.63) is 22.4 Å². The summed E-state index contributed by atoms with van der Waals surface area (Å²) in [5.41, 5.74) is 0.318. The lowest BCUT2D eigenvalue weighted by Gasteiger charge is -2.30. The van der Waals surface area contributed by atoms with Gasteiger partial charge in [-0.3, -0.25) is 0 Å². The van der Waals surface area contributed by atoms with Crippen molar-refractivity contribution in [2.75, 3.05) is 6.61 Å². The maximum atomic E-state index is 9.62. The molecule has 0 aromatic carbocycles. The van der Waals surface area contributed by atoms with Crippen LogP contribution >= 0.6 is 11.3 Å². The molecule has 1 aliphatic rings. The first-order valence-corrected chi connectivity index (χ1v) is 6.82. The van der Waals surface area contributed by atoms with Crippen molar-refractivity contribution in [3.8, 4) is 0 Å². The van der Waals surface area contributed by atoms with Gasteiger partial charge in [-0.25, -0.2) is 0 Å². The molecule has 2 rings (SSSR count). The molecule has 1 aromatic heterocycles. The molecule has 0 aliphatic heterocycles. The van der Waals surface area contributed by atoms with Crippen molar-refractivity contribution in [1.82, 2.24) is 5.32 Å². The first-order chi connectivity index (χ1) is 7.55. The second kappa shape index (κ2) is 4.47. The molecule has 2 N–H and O–H groups in total. The van der Waals surface area contributed by atoms with E-state index in [9.17, 15) is 5.11 Å². The highest BCUT2D eigenvalue weighted by molar-refractivity contribution is 7.09. The topological polar surface area (TPSA) is 32.3 Å². The molecule has 1 heterocycles. The predicted octanol–water partition coefficient (Wildman–Crippen LogP) is 2.78. The second-order valence-electron chi connectivity index (χ2n) is 5.71. The molecular formula is C13H21NOS. The standard InChI is InChI=1S/C13H21NOS/c1-12(2)5-6-13(9-12,10-15)14-8-11-4-3-7-16-11/h3-4,7,14-15H,5-6,8-10H2,1-2H3. The van der Waals surface area contributed by atoms with Crippen molar-refractivity contribution >= 4 is 11.3 Å². The van der Waals surface area contributed by atoms with E-state index in [1.807, 2.05) is 0 Å². The molecular weight excluding hydrogens is 218 g/mol. The Balaban J connectivity index is 1.96. The van der Waals surface area contributed by atoms with Crippen molar-refractivity contribution in [2.45, 2.75) is 45.2 Å². The zero-order chi connectivity index (χ0) is 11.6. The highest BCUT2D eigenvalue weighted by atomic mass is 32.1. The van der Waals surface area contributed by atoms with E-state index in [0.717, 1.165) is 19.4 Å². The predicted molar refractivity (Wildman–Crippen MR) is 68.6 cm³/mol. The fourth-order valence-corrected chi connectivity index (χ4v) is 3.34. The van der Waals surface area contributed by atoms with E-state index < -0.39 is 0 Å². The average molecular weight is 239 g/mol. The van der Waals surface area contributed by atoms with Crippen LogP contribution in [-0.2, 0) is 6.54 Å². The fourth-order valence-electron chi connectivity index (χ4n) is 2.70. The number of nitrogens with one attached hydrogen (secondary N) is 1. The number of aliphatic hydroxyl groups excluding tert-OH is 1. The van der Waals surface area contributed by atoms with Gasteiger partial charge in [0.05, 0.1) is 6.61 Å². The van der Waals surface area contributed by atoms with E-state index in [-0.39, 0.29) is 12.1 Å². The SMILES string of the molecule is CC1(C)CCC(CO)(NCc2cccs2)C1. The van der Waals surface area contributed by atoms with Gasteiger partial charge < -0.3 is 10.4 Å². The minimum Gasteiger partial charge on any atom is -0.394 e. The molecule has 1 aliphatic carbocycles. The van der Waals surface area contributed by atoms with Crippen LogP contribution in [0.5, 0.6) is 0 Å². The number of rotatable bonds is 4. The van der Waals surface area contributed by atoms with Gasteiger partial charge in [0.15, 0.2) is 0 Å². The Bertz CT molecular complexity index is 334. The molecule has 16 heavy (non-hydrogen) atoms. The van der Waals surface area contributed by atoms with Gasteiger partial charge in [0.25, 0.3) is 0 Å². The summed E-state index contributed by atoms with van der Waals surface area (Å²) < 4.78 is 0. The van der Waals surface area contributed by atoms with E-state index in [2.05, 4.69) is 36.7 Å². The summed E-state index contributed by atoms with van der Waals surface area (Å²) in [6, 6.07) is 4.22. The average Bonchev–Trinajstić information content (AvgIpc) is 2.84. The lowest BCUT2D eigenvalue weighted by Crippen LogP contribution is -2.46. The molecule has 0 saturated heterocycles. The Hall–Kier alpha value is -0.380. The van der Waals surface area contributed by atoms with Crippen LogP contribution < -0.4 is 5.32 Å². The molecule has 1 aromatic rings. The zero-order valence-corrected chi connectivity index (χ0v) is 10.9. The van der Waals surface area contributed by atoms with Gasteiger partial charge in [0.1, 0.15) is 0 Å². The molecule has 1 saturated carbocycles. The van der Waals surface area contributed by atoms with Gasteiger partial charge in [-0.1, -0.05) is 19.9 Å². The van der Waals surface area contributed by atoms with Crippen molar-refractivity contribution < 1.29 is 5.11 Å². The Morgan fingerprint density at radius 3 is 2.75 bits per heavy atom. The molecule has 90 valence electrons. The molecule has 0 amide bonds. The number of aliphatic hydroxyl groups is 1. The van der Waals surface area contributed by atoms with Gasteiger partial charge in [-0.15, -0.1) is 11.3 Å². The first-order valence-electron chi connectivity index (χ1n) is 5.94. The molecule has 3 heteroatoms. The van der Waals surface area contributed by atoms with Crippen LogP contribution in [0, 0.1) is 5.41 Å². The van der Waals surface area contributed by atoms with Gasteiger partial charge in [0.2, 0.25) is 0 Å². The van der Waals surface area contributed by atoms with Crippen LogP contribution in [0.1, 0.15) is 38.0 Å². The van der Waals surface area contributed by atoms with Crippen molar-refractivity contribution in [2.24, 2.45) is 5.41 Å². The first kappa shape index (κ1) is 12.1. The largest absolute Gasteiger partial charge is 0.394 e. The van der Waals surface area contributed by atoms with Crippen LogP contribution in [0.4, 0.5) is 0 Å². The Morgan fingerprint density at radius 2 is 2.25 bits per heavy atom. The normalized spacial score (nSPS) is 28.4. The summed E-state index contributed by atoms with van der Waals surface area (Å²) in [7, 11) is 0. The third-order valence-electron chi connectivity index (χ3n) is 3.62. The van der Waals surface area contributed by atoms with E-state index in [0.29, 0.717) is 5.41 Å². The van der Waals surface area contributed by atoms with Gasteiger partial charge in [0, 0.05) is 17.0 Å². The molecule has 1 unspecified atom stereocenters. The molecule has 1 atom stereocenters. The van der Waals surface area contributed by atoms with Crippen LogP contribution in [0.2, 0.25) is 0 Å². The quantitative estimate of drug-likeness (QED) is 0.847. The fraction of sp³-hybridized carbons (Fsp3) is 0.692. The number of hydrogen-bond donors (Lipinski definition) is 2. The Labute approximate surface area is 102 Å². The molecule has 2 nitrogen and oxygen atoms in total. The van der Waals surface area contributed by atoms with E-state index >= 15 is 0 Å². The highest BCUT2D eigenvalue weighted by Crippen LogP contribution is 2.43. The van der Waals surface area contributed by atoms with E-state index in [4.69, 9.17) is 0 Å². The Morgan fingerprint density at radius 1 is 1.44 bits per heavy atom. The lowest BCUT2D eigenvalue weighted by atomic mass is 9.88. The van der Waals surface area contributed by atoms with E-state index in [1.54, 1.807) is 11.3 Å². The third kappa shape index (κ3) is 2.65. The smallest absolute Gasteiger partial charge is 0.0613 e. The summed E-state index contributed by atoms with van der Waals surface area (Å²) in [4.78, 5) is 1.34. The molecule has 0 radical (unpaired) electrons. The van der Waals surface area contributed by atoms with Crippen molar-refractivity contribution in [1.29, 1.82) is 0 Å². The lowest BCUT2D eigenvalue weighted by molar-refractivity contribution is 0.151. The third-order valence-corrected chi connectivity index (χ3v) is 4.49. The number of thiophene rings is 1. The van der Waals surface area contributed by atoms with Gasteiger partial charge >= 0.3 is 0 Å². The number of hydrogen-bond acceptors (Lipinski definition) is 3. The minimum atomic E-state index is -0.0481. The summed E-state index contributed by atoms with van der Waals surface area (Å²) in [5.74, 6) is 0. The van der Waals surface area contributed by atoms with Crippen LogP contribution in [0.3, 0.4) is 0 Å². The summed E-state index contributed by atoms with van der Waals surface area (Å²) in [6.07, 6.45) is 3.36. The highest BCUT2D eigenvalue weighted by Gasteiger charge is 2.42. The van der Waals surface area contributed by atoms with Crippen LogP contribution in [0.15, 0.2) is 17.5 Å². The second-order valence-corrected chi connectivity index (χ2v) is 6.74. The summed E-state index contributed by atoms with van der Waals surface area (Å²) in [5, 5.41) is 15.3. The monoisotopic (exact) mass is 239 g/mol. The molecule has 0 bridgehead atoms. The zero-order valence-electron chi connectivity index (χ0n) is 10.1. The Kier molecular flexibility index (Phi) is 3.38. The maximum Gasteiger partial charge on any atom is 0.0613 e. The van der Waals surface area contributed by atoms with Gasteiger partial charge in [-0.2, -0.15) is 0 Å². The summed E-state index contributed by atoms with van der Waals surface area (Å²) >= 11 is 1.77. The van der Waals surface area contributed by atoms with Gasteiger partial charge in [-0.05, 0) is 36.1 Å². The summed E-state index contributed by atoms with van der Waals surface area (Å²) in [6.45, 7) is 5.71. The molecule has 1 fully saturated rings. The van der Waals surface area contributed by atoms with Crippen molar-refractivity contribution in [3.63, 3.8) is 0 Å². The van der Waals surface area contributed by atoms with Crippen LogP contribution in [-0.4, -0.2) is 17.3 Å².